The van der Waals surface area contributed by atoms with Gasteiger partial charge in [-0.05, 0) is 50.1 Å². The number of ether oxygens (including phenoxy) is 3. The number of nitrogens with zero attached hydrogens (tertiary/aromatic N) is 1. The molecule has 2 aromatic carbocycles. The Hall–Kier alpha value is -3.32. The molecule has 2 aromatic rings. The molecule has 170 valence electrons. The summed E-state index contributed by atoms with van der Waals surface area (Å²) in [6.07, 6.45) is 0.577. The lowest BCUT2D eigenvalue weighted by Crippen LogP contribution is -2.31. The van der Waals surface area contributed by atoms with Crippen LogP contribution in [0.4, 0.5) is 0 Å². The molecular formula is C25H29NO6. The number of likely N-dealkylation sites (tertiary alicyclic amines) is 1. The normalized spacial score (nSPS) is 17.6. The van der Waals surface area contributed by atoms with E-state index in [0.717, 1.165) is 0 Å². The number of amides is 1. The Labute approximate surface area is 188 Å². The van der Waals surface area contributed by atoms with E-state index in [4.69, 9.17) is 14.2 Å². The molecule has 1 unspecified atom stereocenters. The van der Waals surface area contributed by atoms with E-state index >= 15 is 0 Å². The van der Waals surface area contributed by atoms with Crippen molar-refractivity contribution in [1.29, 1.82) is 0 Å². The molecule has 7 nitrogen and oxygen atoms in total. The number of benzene rings is 2. The van der Waals surface area contributed by atoms with Gasteiger partial charge in [0, 0.05) is 25.3 Å². The van der Waals surface area contributed by atoms with Crippen LogP contribution in [0.25, 0.3) is 5.76 Å². The van der Waals surface area contributed by atoms with E-state index in [-0.39, 0.29) is 11.3 Å². The lowest BCUT2D eigenvalue weighted by molar-refractivity contribution is -0.140. The number of carbonyl (C=O) groups is 2. The van der Waals surface area contributed by atoms with Gasteiger partial charge in [0.05, 0.1) is 25.3 Å². The highest BCUT2D eigenvalue weighted by atomic mass is 16.5. The van der Waals surface area contributed by atoms with E-state index in [9.17, 15) is 14.7 Å². The van der Waals surface area contributed by atoms with Crippen LogP contribution in [-0.2, 0) is 14.3 Å². The maximum absolute atomic E-state index is 13.0. The number of aliphatic hydroxyl groups excluding tert-OH is 1. The third-order valence-electron chi connectivity index (χ3n) is 5.28. The summed E-state index contributed by atoms with van der Waals surface area (Å²) in [5.41, 5.74) is 1.19. The van der Waals surface area contributed by atoms with Gasteiger partial charge >= 0.3 is 0 Å². The zero-order chi connectivity index (χ0) is 23.1. The molecule has 1 fully saturated rings. The molecule has 1 N–H and O–H groups in total. The Balaban J connectivity index is 2.05. The molecule has 0 bridgehead atoms. The van der Waals surface area contributed by atoms with Crippen molar-refractivity contribution in [3.05, 3.63) is 65.2 Å². The summed E-state index contributed by atoms with van der Waals surface area (Å²) in [5, 5.41) is 11.1. The van der Waals surface area contributed by atoms with Gasteiger partial charge in [-0.25, -0.2) is 0 Å². The summed E-state index contributed by atoms with van der Waals surface area (Å²) < 4.78 is 16.1. The predicted molar refractivity (Wildman–Crippen MR) is 121 cm³/mol. The van der Waals surface area contributed by atoms with Crippen molar-refractivity contribution in [2.75, 3.05) is 33.5 Å². The lowest BCUT2D eigenvalue weighted by Gasteiger charge is -2.25. The first-order valence-electron chi connectivity index (χ1n) is 10.7. The Bertz CT molecular complexity index is 982. The summed E-state index contributed by atoms with van der Waals surface area (Å²) in [7, 11) is 1.52. The van der Waals surface area contributed by atoms with E-state index in [1.807, 2.05) is 26.0 Å². The number of hydrogen-bond donors (Lipinski definition) is 1. The number of ketones is 1. The second-order valence-corrected chi connectivity index (χ2v) is 7.28. The maximum Gasteiger partial charge on any atom is 0.295 e. The van der Waals surface area contributed by atoms with Gasteiger partial charge in [0.1, 0.15) is 17.3 Å². The molecule has 0 spiro atoms. The van der Waals surface area contributed by atoms with Crippen LogP contribution in [-0.4, -0.2) is 55.2 Å². The third kappa shape index (κ3) is 4.94. The van der Waals surface area contributed by atoms with Gasteiger partial charge in [0.15, 0.2) is 0 Å². The molecule has 1 aliphatic rings. The highest BCUT2D eigenvalue weighted by Gasteiger charge is 2.45. The molecule has 1 saturated heterocycles. The van der Waals surface area contributed by atoms with Gasteiger partial charge in [0.25, 0.3) is 11.7 Å². The monoisotopic (exact) mass is 439 g/mol. The summed E-state index contributed by atoms with van der Waals surface area (Å²) in [6.45, 7) is 5.72. The fourth-order valence-corrected chi connectivity index (χ4v) is 3.78. The standard InChI is InChI=1S/C25H29NO6/c1-4-31-15-7-14-26-22(17-10-12-19(13-11-17)32-5-2)21(24(28)25(26)29)23(27)18-8-6-9-20(16-18)30-3/h6,8-13,16,22,27H,4-5,7,14-15H2,1-3H3/b23-21+. The average Bonchev–Trinajstić information content (AvgIpc) is 3.07. The number of rotatable bonds is 10. The van der Waals surface area contributed by atoms with Crippen LogP contribution in [0.2, 0.25) is 0 Å². The van der Waals surface area contributed by atoms with E-state index in [0.29, 0.717) is 55.4 Å². The molecule has 1 atom stereocenters. The zero-order valence-electron chi connectivity index (χ0n) is 18.7. The van der Waals surface area contributed by atoms with Crippen LogP contribution in [0.1, 0.15) is 37.4 Å². The predicted octanol–water partition coefficient (Wildman–Crippen LogP) is 3.94. The molecule has 1 heterocycles. The van der Waals surface area contributed by atoms with Crippen molar-refractivity contribution in [1.82, 2.24) is 4.90 Å². The summed E-state index contributed by atoms with van der Waals surface area (Å²) in [6, 6.07) is 13.3. The molecule has 7 heteroatoms. The summed E-state index contributed by atoms with van der Waals surface area (Å²) >= 11 is 0. The molecule has 1 aliphatic heterocycles. The Morgan fingerprint density at radius 3 is 2.44 bits per heavy atom. The highest BCUT2D eigenvalue weighted by Crippen LogP contribution is 2.40. The van der Waals surface area contributed by atoms with Crippen molar-refractivity contribution in [2.45, 2.75) is 26.3 Å². The van der Waals surface area contributed by atoms with Crippen LogP contribution in [0.3, 0.4) is 0 Å². The van der Waals surface area contributed by atoms with Crippen LogP contribution in [0, 0.1) is 0 Å². The first-order chi connectivity index (χ1) is 15.5. The quantitative estimate of drug-likeness (QED) is 0.261. The Kier molecular flexibility index (Phi) is 7.89. The van der Waals surface area contributed by atoms with Crippen LogP contribution in [0.5, 0.6) is 11.5 Å². The van der Waals surface area contributed by atoms with Gasteiger partial charge in [-0.1, -0.05) is 24.3 Å². The van der Waals surface area contributed by atoms with Gasteiger partial charge in [-0.3, -0.25) is 9.59 Å². The number of hydrogen-bond acceptors (Lipinski definition) is 6. The summed E-state index contributed by atoms with van der Waals surface area (Å²) in [4.78, 5) is 27.5. The number of Topliss-reactive ketones (excluding diaryl/α,β-unsaturated/α-hetero) is 1. The van der Waals surface area contributed by atoms with Crippen LogP contribution < -0.4 is 9.47 Å². The van der Waals surface area contributed by atoms with Crippen LogP contribution in [0.15, 0.2) is 54.1 Å². The number of methoxy groups -OCH3 is 1. The summed E-state index contributed by atoms with van der Waals surface area (Å²) in [5.74, 6) is -0.339. The van der Waals surface area contributed by atoms with Gasteiger partial charge in [-0.2, -0.15) is 0 Å². The molecule has 32 heavy (non-hydrogen) atoms. The van der Waals surface area contributed by atoms with Crippen molar-refractivity contribution >= 4 is 17.4 Å². The third-order valence-corrected chi connectivity index (χ3v) is 5.28. The minimum absolute atomic E-state index is 0.0591. The van der Waals surface area contributed by atoms with Crippen LogP contribution >= 0.6 is 0 Å². The molecule has 0 saturated carbocycles. The van der Waals surface area contributed by atoms with E-state index in [1.54, 1.807) is 36.4 Å². The second-order valence-electron chi connectivity index (χ2n) is 7.28. The van der Waals surface area contributed by atoms with E-state index in [2.05, 4.69) is 0 Å². The minimum Gasteiger partial charge on any atom is -0.507 e. The highest BCUT2D eigenvalue weighted by molar-refractivity contribution is 6.46. The van der Waals surface area contributed by atoms with Crippen molar-refractivity contribution < 1.29 is 28.9 Å². The Morgan fingerprint density at radius 2 is 1.78 bits per heavy atom. The molecule has 0 aromatic heterocycles. The number of carbonyl (C=O) groups excluding carboxylic acids is 2. The van der Waals surface area contributed by atoms with Crippen molar-refractivity contribution in [3.8, 4) is 11.5 Å². The zero-order valence-corrected chi connectivity index (χ0v) is 18.7. The van der Waals surface area contributed by atoms with E-state index < -0.39 is 17.7 Å². The topological polar surface area (TPSA) is 85.3 Å². The van der Waals surface area contributed by atoms with Gasteiger partial charge < -0.3 is 24.2 Å². The lowest BCUT2D eigenvalue weighted by atomic mass is 9.95. The fraction of sp³-hybridized carbons (Fsp3) is 0.360. The second kappa shape index (κ2) is 10.8. The fourth-order valence-electron chi connectivity index (χ4n) is 3.78. The van der Waals surface area contributed by atoms with E-state index in [1.165, 1.54) is 12.0 Å². The largest absolute Gasteiger partial charge is 0.507 e. The SMILES string of the molecule is CCOCCCN1C(=O)C(=O)/C(=C(/O)c2cccc(OC)c2)C1c1ccc(OCC)cc1. The van der Waals surface area contributed by atoms with Crippen molar-refractivity contribution in [3.63, 3.8) is 0 Å². The first-order valence-corrected chi connectivity index (χ1v) is 10.7. The first kappa shape index (κ1) is 23.3. The average molecular weight is 440 g/mol. The molecular weight excluding hydrogens is 410 g/mol. The van der Waals surface area contributed by atoms with Crippen molar-refractivity contribution in [2.24, 2.45) is 0 Å². The Morgan fingerprint density at radius 1 is 1.03 bits per heavy atom. The molecule has 3 rings (SSSR count). The maximum atomic E-state index is 13.0. The molecule has 0 radical (unpaired) electrons. The smallest absolute Gasteiger partial charge is 0.295 e. The van der Waals surface area contributed by atoms with Gasteiger partial charge in [0.2, 0.25) is 0 Å². The minimum atomic E-state index is -0.710. The molecule has 1 amide bonds. The molecule has 0 aliphatic carbocycles. The van der Waals surface area contributed by atoms with Gasteiger partial charge in [-0.15, -0.1) is 0 Å². The number of aliphatic hydroxyl groups is 1.